The molecule has 0 radical (unpaired) electrons. The van der Waals surface area contributed by atoms with E-state index in [1.54, 1.807) is 41.6 Å². The van der Waals surface area contributed by atoms with Gasteiger partial charge in [-0.25, -0.2) is 0 Å². The van der Waals surface area contributed by atoms with Gasteiger partial charge in [-0.05, 0) is 0 Å². The van der Waals surface area contributed by atoms with Crippen molar-refractivity contribution in [3.8, 4) is 11.1 Å². The van der Waals surface area contributed by atoms with Crippen molar-refractivity contribution in [3.63, 3.8) is 0 Å². The van der Waals surface area contributed by atoms with E-state index in [0.29, 0.717) is 24.5 Å². The van der Waals surface area contributed by atoms with E-state index >= 15 is 0 Å². The number of rotatable bonds is 9. The maximum atomic E-state index is 2.60. The third-order valence-corrected chi connectivity index (χ3v) is 16.3. The Bertz CT molecular complexity index is 1280. The zero-order chi connectivity index (χ0) is 27.1. The monoisotopic (exact) mass is 608 g/mol. The van der Waals surface area contributed by atoms with Gasteiger partial charge >= 0.3 is 219 Å². The number of hydrogen-bond acceptors (Lipinski definition) is 0. The van der Waals surface area contributed by atoms with Crippen molar-refractivity contribution in [2.24, 2.45) is 0 Å². The number of allylic oxidation sites excluding steroid dienone is 2. The molecule has 3 unspecified atom stereocenters. The second-order valence-electron chi connectivity index (χ2n) is 11.8. The molecule has 0 bridgehead atoms. The molecule has 0 aromatic heterocycles. The molecule has 0 spiro atoms. The summed E-state index contributed by atoms with van der Waals surface area (Å²) in [6.45, 7) is 7.18. The first-order valence-corrected chi connectivity index (χ1v) is 20.5. The molecule has 3 aromatic carbocycles. The van der Waals surface area contributed by atoms with E-state index in [0.717, 1.165) is 0 Å². The summed E-state index contributed by atoms with van der Waals surface area (Å²) in [5.74, 6) is 1.09. The first-order valence-electron chi connectivity index (χ1n) is 15.6. The fourth-order valence-corrected chi connectivity index (χ4v) is 15.3. The van der Waals surface area contributed by atoms with E-state index in [1.807, 2.05) is 0 Å². The van der Waals surface area contributed by atoms with Gasteiger partial charge in [0.05, 0.1) is 0 Å². The van der Waals surface area contributed by atoms with Crippen LogP contribution in [0.3, 0.4) is 0 Å². The second kappa shape index (κ2) is 13.7. The van der Waals surface area contributed by atoms with Gasteiger partial charge in [-0.15, -0.1) is 0 Å². The molecule has 0 N–H and O–H groups in total. The molecule has 6 rings (SSSR count). The average Bonchev–Trinajstić information content (AvgIpc) is 3.74. The van der Waals surface area contributed by atoms with Crippen molar-refractivity contribution in [1.82, 2.24) is 0 Å². The molecule has 3 atom stereocenters. The summed E-state index contributed by atoms with van der Waals surface area (Å²) in [5, 5.41) is 0. The van der Waals surface area contributed by atoms with Crippen LogP contribution < -0.4 is 0 Å². The SMILES string of the molecule is C1CC[SiH2]C1.CCC[CH2][Zr][C](CCC)(C1C=Cc2c(-c3ccccc3)cccc21)C1C(C)=Cc2ccccc21. The van der Waals surface area contributed by atoms with Crippen LogP contribution >= 0.6 is 0 Å². The minimum absolute atomic E-state index is 0.373. The van der Waals surface area contributed by atoms with Crippen LogP contribution in [0.1, 0.15) is 93.4 Å². The molecule has 3 aliphatic rings. The van der Waals surface area contributed by atoms with Gasteiger partial charge in [-0.1, -0.05) is 24.9 Å². The molecule has 0 nitrogen and oxygen atoms in total. The minimum atomic E-state index is -0.703. The number of unbranched alkanes of at least 4 members (excludes halogenated alkanes) is 1. The fourth-order valence-electron chi connectivity index (χ4n) is 7.39. The third-order valence-electron chi connectivity index (χ3n) is 9.13. The van der Waals surface area contributed by atoms with Crippen LogP contribution in [0.25, 0.3) is 23.3 Å². The molecule has 1 saturated heterocycles. The molecule has 3 aromatic rings. The Morgan fingerprint density at radius 1 is 0.846 bits per heavy atom. The van der Waals surface area contributed by atoms with E-state index in [-0.39, 0.29) is 0 Å². The molecular weight excluding hydrogens is 564 g/mol. The van der Waals surface area contributed by atoms with Crippen molar-refractivity contribution in [2.45, 2.75) is 90.5 Å². The van der Waals surface area contributed by atoms with Crippen molar-refractivity contribution in [1.29, 1.82) is 0 Å². The van der Waals surface area contributed by atoms with Crippen LogP contribution in [-0.2, 0) is 23.2 Å². The zero-order valence-corrected chi connectivity index (χ0v) is 28.3. The predicted octanol–water partition coefficient (Wildman–Crippen LogP) is 10.7. The molecule has 2 heteroatoms. The van der Waals surface area contributed by atoms with Gasteiger partial charge < -0.3 is 0 Å². The van der Waals surface area contributed by atoms with E-state index in [9.17, 15) is 0 Å². The van der Waals surface area contributed by atoms with Gasteiger partial charge in [-0.3, -0.25) is 0 Å². The molecular formula is C37H46SiZr. The first-order chi connectivity index (χ1) is 19.2. The standard InChI is InChI=1S/C29H27.C4H10Si.C4H9.Zr/c1-3-10-28(29-20(2)19-22-13-7-8-14-24(22)29)27-18-17-26-23(15-9-16-25(26)27)21-11-5-4-6-12-21;1-2-4-5-3-1;1-3-4-2;/h4-9,11-19,27,29H,3,10H2,1-2H3;1-5H2;1,3-4H2,2H3;. The van der Waals surface area contributed by atoms with Crippen LogP contribution in [0.4, 0.5) is 0 Å². The summed E-state index contributed by atoms with van der Waals surface area (Å²) in [6.07, 6.45) is 16.0. The summed E-state index contributed by atoms with van der Waals surface area (Å²) in [7, 11) is 0.543. The van der Waals surface area contributed by atoms with Crippen molar-refractivity contribution >= 4 is 21.7 Å². The Hall–Kier alpha value is -1.76. The molecule has 1 heterocycles. The van der Waals surface area contributed by atoms with Crippen LogP contribution in [0.15, 0.2) is 84.4 Å². The van der Waals surface area contributed by atoms with Gasteiger partial charge in [0.1, 0.15) is 0 Å². The van der Waals surface area contributed by atoms with Gasteiger partial charge in [-0.2, -0.15) is 0 Å². The van der Waals surface area contributed by atoms with Gasteiger partial charge in [0.25, 0.3) is 0 Å². The Morgan fingerprint density at radius 2 is 1.59 bits per heavy atom. The molecule has 39 heavy (non-hydrogen) atoms. The number of benzene rings is 3. The van der Waals surface area contributed by atoms with Crippen LogP contribution in [0.2, 0.25) is 19.3 Å². The molecule has 0 amide bonds. The summed E-state index contributed by atoms with van der Waals surface area (Å²) in [4.78, 5) is 0. The van der Waals surface area contributed by atoms with E-state index in [1.165, 1.54) is 52.1 Å². The Kier molecular flexibility index (Phi) is 10.1. The number of hydrogen-bond donors (Lipinski definition) is 0. The van der Waals surface area contributed by atoms with Gasteiger partial charge in [0, 0.05) is 9.52 Å². The maximum absolute atomic E-state index is 2.60. The van der Waals surface area contributed by atoms with Crippen LogP contribution in [0.5, 0.6) is 0 Å². The van der Waals surface area contributed by atoms with E-state index in [4.69, 9.17) is 0 Å². The quantitative estimate of drug-likeness (QED) is 0.167. The summed E-state index contributed by atoms with van der Waals surface area (Å²) >= 11 is -0.703. The zero-order valence-electron chi connectivity index (χ0n) is 24.4. The van der Waals surface area contributed by atoms with E-state index in [2.05, 4.69) is 112 Å². The Balaban J connectivity index is 0.000000555. The van der Waals surface area contributed by atoms with Gasteiger partial charge in [0.15, 0.2) is 0 Å². The average molecular weight is 610 g/mol. The molecule has 202 valence electrons. The summed E-state index contributed by atoms with van der Waals surface area (Å²) in [5.41, 5.74) is 10.4. The summed E-state index contributed by atoms with van der Waals surface area (Å²) < 4.78 is 1.85. The van der Waals surface area contributed by atoms with Crippen molar-refractivity contribution in [3.05, 3.63) is 107 Å². The Morgan fingerprint density at radius 3 is 2.31 bits per heavy atom. The fraction of sp³-hybridized carbons (Fsp3) is 0.405. The van der Waals surface area contributed by atoms with Crippen molar-refractivity contribution in [2.75, 3.05) is 0 Å². The molecule has 2 aliphatic carbocycles. The number of fused-ring (bicyclic) bond motifs is 2. The normalized spacial score (nSPS) is 20.4. The topological polar surface area (TPSA) is 0 Å². The molecule has 1 aliphatic heterocycles. The van der Waals surface area contributed by atoms with Crippen LogP contribution in [-0.4, -0.2) is 9.52 Å². The Labute approximate surface area is 251 Å². The van der Waals surface area contributed by atoms with Gasteiger partial charge in [0.2, 0.25) is 0 Å². The second-order valence-corrected chi connectivity index (χ2v) is 18.3. The van der Waals surface area contributed by atoms with E-state index < -0.39 is 23.2 Å². The molecule has 0 saturated carbocycles. The summed E-state index contributed by atoms with van der Waals surface area (Å²) in [6, 6.07) is 30.5. The first kappa shape index (κ1) is 28.8. The predicted molar refractivity (Wildman–Crippen MR) is 171 cm³/mol. The molecule has 1 fully saturated rings. The van der Waals surface area contributed by atoms with Crippen LogP contribution in [0, 0.1) is 0 Å². The van der Waals surface area contributed by atoms with Crippen molar-refractivity contribution < 1.29 is 23.2 Å². The third kappa shape index (κ3) is 6.13.